The Labute approximate surface area is 209 Å². The molecule has 0 aliphatic heterocycles. The van der Waals surface area contributed by atoms with Gasteiger partial charge in [0.05, 0.1) is 6.54 Å². The Bertz CT molecular complexity index is 1280. The topological polar surface area (TPSA) is 56.1 Å². The highest BCUT2D eigenvalue weighted by Crippen LogP contribution is 2.23. The van der Waals surface area contributed by atoms with Crippen LogP contribution in [0, 0.1) is 0 Å². The molecule has 0 aliphatic carbocycles. The molecule has 0 radical (unpaired) electrons. The van der Waals surface area contributed by atoms with Crippen molar-refractivity contribution in [2.75, 3.05) is 5.32 Å². The van der Waals surface area contributed by atoms with Crippen molar-refractivity contribution >= 4 is 34.9 Å². The van der Waals surface area contributed by atoms with E-state index in [0.29, 0.717) is 40.5 Å². The molecule has 34 heavy (non-hydrogen) atoms. The van der Waals surface area contributed by atoms with Gasteiger partial charge in [0.15, 0.2) is 5.82 Å². The molecular weight excluding hydrogens is 469 g/mol. The molecule has 0 spiro atoms. The number of anilines is 1. The zero-order valence-electron chi connectivity index (χ0n) is 19.0. The van der Waals surface area contributed by atoms with E-state index in [1.54, 1.807) is 23.0 Å². The maximum Gasteiger partial charge on any atom is 0.256 e. The van der Waals surface area contributed by atoms with Gasteiger partial charge in [-0.05, 0) is 52.9 Å². The zero-order chi connectivity index (χ0) is 24.1. The van der Waals surface area contributed by atoms with Crippen LogP contribution in [0.25, 0.3) is 0 Å². The van der Waals surface area contributed by atoms with Gasteiger partial charge in [0.25, 0.3) is 5.91 Å². The number of ether oxygens (including phenoxy) is 1. The van der Waals surface area contributed by atoms with E-state index in [9.17, 15) is 4.79 Å². The second kappa shape index (κ2) is 10.8. The van der Waals surface area contributed by atoms with E-state index in [4.69, 9.17) is 27.9 Å². The fourth-order valence-electron chi connectivity index (χ4n) is 3.46. The van der Waals surface area contributed by atoms with E-state index in [-0.39, 0.29) is 5.91 Å². The van der Waals surface area contributed by atoms with Crippen LogP contribution in [0.1, 0.15) is 46.8 Å². The molecule has 1 N–H and O–H groups in total. The summed E-state index contributed by atoms with van der Waals surface area (Å²) in [6, 6.07) is 22.9. The molecule has 0 saturated heterocycles. The van der Waals surface area contributed by atoms with E-state index in [1.165, 1.54) is 5.56 Å². The lowest BCUT2D eigenvalue weighted by atomic mass is 10.0. The fourth-order valence-corrected chi connectivity index (χ4v) is 3.85. The van der Waals surface area contributed by atoms with E-state index in [1.807, 2.05) is 48.5 Å². The van der Waals surface area contributed by atoms with Gasteiger partial charge in [-0.2, -0.15) is 5.10 Å². The molecule has 0 fully saturated rings. The van der Waals surface area contributed by atoms with Gasteiger partial charge >= 0.3 is 0 Å². The molecule has 0 aliphatic rings. The molecule has 0 atom stereocenters. The quantitative estimate of drug-likeness (QED) is 0.282. The van der Waals surface area contributed by atoms with Gasteiger partial charge in [0, 0.05) is 16.8 Å². The second-order valence-electron chi connectivity index (χ2n) is 8.28. The van der Waals surface area contributed by atoms with Crippen LogP contribution in [0.5, 0.6) is 5.75 Å². The minimum Gasteiger partial charge on any atom is -0.489 e. The molecule has 0 unspecified atom stereocenters. The predicted molar refractivity (Wildman–Crippen MR) is 137 cm³/mol. The van der Waals surface area contributed by atoms with Gasteiger partial charge in [-0.15, -0.1) is 0 Å². The number of hydrogen-bond donors (Lipinski definition) is 1. The minimum atomic E-state index is -0.298. The highest BCUT2D eigenvalue weighted by molar-refractivity contribution is 6.33. The zero-order valence-corrected chi connectivity index (χ0v) is 20.5. The van der Waals surface area contributed by atoms with Crippen LogP contribution in [0.4, 0.5) is 5.82 Å². The molecule has 7 heteroatoms. The Morgan fingerprint density at radius 1 is 1.00 bits per heavy atom. The number of amides is 1. The third-order valence-corrected chi connectivity index (χ3v) is 6.03. The Morgan fingerprint density at radius 2 is 1.76 bits per heavy atom. The Balaban J connectivity index is 1.39. The average molecular weight is 494 g/mol. The van der Waals surface area contributed by atoms with Crippen molar-refractivity contribution in [1.29, 1.82) is 0 Å². The normalized spacial score (nSPS) is 11.0. The first kappa shape index (κ1) is 23.9. The molecule has 1 amide bonds. The lowest BCUT2D eigenvalue weighted by Crippen LogP contribution is -2.13. The van der Waals surface area contributed by atoms with Crippen LogP contribution < -0.4 is 10.1 Å². The SMILES string of the molecule is CC(C)c1ccc(OCc2cccc(C(=O)Nc3nn(Cc4ccccc4Cl)cc3Cl)c2)cc1. The summed E-state index contributed by atoms with van der Waals surface area (Å²) < 4.78 is 7.54. The number of benzene rings is 3. The first-order valence-electron chi connectivity index (χ1n) is 11.0. The maximum atomic E-state index is 12.8. The van der Waals surface area contributed by atoms with Crippen molar-refractivity contribution in [3.63, 3.8) is 0 Å². The van der Waals surface area contributed by atoms with Gasteiger partial charge in [-0.25, -0.2) is 0 Å². The Kier molecular flexibility index (Phi) is 7.56. The van der Waals surface area contributed by atoms with Crippen LogP contribution in [0.15, 0.2) is 79.0 Å². The van der Waals surface area contributed by atoms with E-state index >= 15 is 0 Å². The number of rotatable bonds is 8. The van der Waals surface area contributed by atoms with Crippen molar-refractivity contribution in [1.82, 2.24) is 9.78 Å². The summed E-state index contributed by atoms with van der Waals surface area (Å²) in [7, 11) is 0. The van der Waals surface area contributed by atoms with Gasteiger partial charge in [-0.3, -0.25) is 9.48 Å². The molecule has 5 nitrogen and oxygen atoms in total. The molecule has 4 rings (SSSR count). The summed E-state index contributed by atoms with van der Waals surface area (Å²) >= 11 is 12.5. The monoisotopic (exact) mass is 493 g/mol. The van der Waals surface area contributed by atoms with E-state index in [0.717, 1.165) is 16.9 Å². The molecule has 1 aromatic heterocycles. The summed E-state index contributed by atoms with van der Waals surface area (Å²) in [5.41, 5.74) is 3.55. The average Bonchev–Trinajstić information content (AvgIpc) is 3.18. The fraction of sp³-hybridized carbons (Fsp3) is 0.185. The smallest absolute Gasteiger partial charge is 0.256 e. The third kappa shape index (κ3) is 5.99. The number of aromatic nitrogens is 2. The third-order valence-electron chi connectivity index (χ3n) is 5.38. The summed E-state index contributed by atoms with van der Waals surface area (Å²) in [6.45, 7) is 5.11. The number of nitrogens with one attached hydrogen (secondary N) is 1. The number of halogens is 2. The lowest BCUT2D eigenvalue weighted by molar-refractivity contribution is 0.102. The summed E-state index contributed by atoms with van der Waals surface area (Å²) in [5.74, 6) is 1.26. The van der Waals surface area contributed by atoms with Gasteiger partial charge in [-0.1, -0.05) is 79.5 Å². The van der Waals surface area contributed by atoms with Crippen molar-refractivity contribution < 1.29 is 9.53 Å². The van der Waals surface area contributed by atoms with Gasteiger partial charge in [0.1, 0.15) is 17.4 Å². The Morgan fingerprint density at radius 3 is 2.50 bits per heavy atom. The van der Waals surface area contributed by atoms with E-state index in [2.05, 4.69) is 36.4 Å². The number of carbonyl (C=O) groups is 1. The van der Waals surface area contributed by atoms with Crippen LogP contribution in [0.3, 0.4) is 0 Å². The molecular formula is C27H25Cl2N3O2. The maximum absolute atomic E-state index is 12.8. The van der Waals surface area contributed by atoms with E-state index < -0.39 is 0 Å². The molecule has 1 heterocycles. The van der Waals surface area contributed by atoms with Crippen molar-refractivity contribution in [2.24, 2.45) is 0 Å². The molecule has 174 valence electrons. The molecule has 3 aromatic carbocycles. The number of hydrogen-bond acceptors (Lipinski definition) is 3. The van der Waals surface area contributed by atoms with Gasteiger partial charge in [0.2, 0.25) is 0 Å². The van der Waals surface area contributed by atoms with Crippen LogP contribution in [-0.4, -0.2) is 15.7 Å². The predicted octanol–water partition coefficient (Wildman–Crippen LogP) is 7.19. The summed E-state index contributed by atoms with van der Waals surface area (Å²) in [4.78, 5) is 12.8. The van der Waals surface area contributed by atoms with Crippen molar-refractivity contribution in [3.8, 4) is 5.75 Å². The Hall–Kier alpha value is -3.28. The van der Waals surface area contributed by atoms with Crippen LogP contribution in [0.2, 0.25) is 10.0 Å². The standard InChI is InChI=1S/C27H25Cl2N3O2/c1-18(2)20-10-12-23(13-11-20)34-17-19-6-5-8-21(14-19)27(33)30-26-25(29)16-32(31-26)15-22-7-3-4-9-24(22)28/h3-14,16,18H,15,17H2,1-2H3,(H,30,31,33). The highest BCUT2D eigenvalue weighted by atomic mass is 35.5. The first-order chi connectivity index (χ1) is 16.4. The molecule has 0 bridgehead atoms. The largest absolute Gasteiger partial charge is 0.489 e. The molecule has 0 saturated carbocycles. The summed E-state index contributed by atoms with van der Waals surface area (Å²) in [6.07, 6.45) is 1.66. The number of carbonyl (C=O) groups excluding carboxylic acids is 1. The van der Waals surface area contributed by atoms with Crippen LogP contribution in [-0.2, 0) is 13.2 Å². The molecule has 4 aromatic rings. The number of nitrogens with zero attached hydrogens (tertiary/aromatic N) is 2. The lowest BCUT2D eigenvalue weighted by Gasteiger charge is -2.10. The first-order valence-corrected chi connectivity index (χ1v) is 11.7. The van der Waals surface area contributed by atoms with Crippen LogP contribution >= 0.6 is 23.2 Å². The highest BCUT2D eigenvalue weighted by Gasteiger charge is 2.14. The minimum absolute atomic E-state index is 0.297. The van der Waals surface area contributed by atoms with Gasteiger partial charge < -0.3 is 10.1 Å². The van der Waals surface area contributed by atoms with Crippen molar-refractivity contribution in [3.05, 3.63) is 111 Å². The summed E-state index contributed by atoms with van der Waals surface area (Å²) in [5, 5.41) is 8.19. The van der Waals surface area contributed by atoms with Crippen molar-refractivity contribution in [2.45, 2.75) is 32.9 Å². The second-order valence-corrected chi connectivity index (χ2v) is 9.10.